The van der Waals surface area contributed by atoms with Crippen molar-refractivity contribution in [2.45, 2.75) is 51.0 Å². The first-order chi connectivity index (χ1) is 10.7. The van der Waals surface area contributed by atoms with Crippen molar-refractivity contribution in [2.24, 2.45) is 5.92 Å². The van der Waals surface area contributed by atoms with E-state index in [1.165, 1.54) is 44.1 Å². The van der Waals surface area contributed by atoms with Crippen LogP contribution in [0.2, 0.25) is 0 Å². The van der Waals surface area contributed by atoms with Gasteiger partial charge in [-0.15, -0.1) is 0 Å². The third-order valence-corrected chi connectivity index (χ3v) is 5.55. The summed E-state index contributed by atoms with van der Waals surface area (Å²) in [5, 5.41) is 3.84. The number of hydrogen-bond acceptors (Lipinski definition) is 2. The molecule has 3 nitrogen and oxygen atoms in total. The normalized spacial score (nSPS) is 27.4. The minimum Gasteiger partial charge on any atom is -0.339 e. The van der Waals surface area contributed by atoms with Crippen LogP contribution in [0.1, 0.15) is 51.0 Å². The quantitative estimate of drug-likeness (QED) is 0.850. The van der Waals surface area contributed by atoms with Crippen LogP contribution in [-0.2, 0) is 10.3 Å². The Labute approximate surface area is 134 Å². The van der Waals surface area contributed by atoms with Gasteiger partial charge in [0, 0.05) is 26.6 Å². The van der Waals surface area contributed by atoms with E-state index in [0.29, 0.717) is 5.92 Å². The number of benzene rings is 1. The van der Waals surface area contributed by atoms with Gasteiger partial charge in [-0.3, -0.25) is 4.79 Å². The van der Waals surface area contributed by atoms with Crippen LogP contribution in [0, 0.1) is 5.92 Å². The second kappa shape index (κ2) is 6.82. The van der Waals surface area contributed by atoms with Crippen LogP contribution in [0.5, 0.6) is 0 Å². The van der Waals surface area contributed by atoms with Crippen LogP contribution >= 0.6 is 0 Å². The zero-order chi connectivity index (χ0) is 15.4. The molecule has 1 unspecified atom stereocenters. The van der Waals surface area contributed by atoms with E-state index in [4.69, 9.17) is 0 Å². The molecule has 3 rings (SSSR count). The molecule has 1 N–H and O–H groups in total. The molecule has 1 amide bonds. The maximum Gasteiger partial charge on any atom is 0.219 e. The van der Waals surface area contributed by atoms with Crippen molar-refractivity contribution in [1.82, 2.24) is 10.2 Å². The summed E-state index contributed by atoms with van der Waals surface area (Å²) in [6, 6.07) is 10.8. The number of rotatable bonds is 2. The summed E-state index contributed by atoms with van der Waals surface area (Å²) in [5.41, 5.74) is 1.29. The molecule has 22 heavy (non-hydrogen) atoms. The number of nitrogens with one attached hydrogen (secondary N) is 1. The fourth-order valence-corrected chi connectivity index (χ4v) is 4.33. The van der Waals surface area contributed by atoms with Crippen LogP contribution in [0.3, 0.4) is 0 Å². The number of carbonyl (C=O) groups is 1. The number of hydrogen-bond donors (Lipinski definition) is 1. The van der Waals surface area contributed by atoms with Crippen LogP contribution in [0.4, 0.5) is 0 Å². The van der Waals surface area contributed by atoms with Gasteiger partial charge in [-0.1, -0.05) is 56.0 Å². The van der Waals surface area contributed by atoms with Gasteiger partial charge < -0.3 is 10.2 Å². The Balaban J connectivity index is 1.96. The molecule has 1 atom stereocenters. The predicted molar refractivity (Wildman–Crippen MR) is 89.6 cm³/mol. The van der Waals surface area contributed by atoms with Crippen molar-refractivity contribution >= 4 is 5.91 Å². The highest BCUT2D eigenvalue weighted by molar-refractivity contribution is 5.73. The Morgan fingerprint density at radius 3 is 2.45 bits per heavy atom. The molecule has 120 valence electrons. The maximum atomic E-state index is 12.0. The van der Waals surface area contributed by atoms with Gasteiger partial charge in [-0.05, 0) is 24.3 Å². The van der Waals surface area contributed by atoms with E-state index in [0.717, 1.165) is 19.6 Å². The Bertz CT molecular complexity index is 493. The first-order valence-electron chi connectivity index (χ1n) is 8.78. The van der Waals surface area contributed by atoms with Crippen molar-refractivity contribution in [3.63, 3.8) is 0 Å². The topological polar surface area (TPSA) is 32.3 Å². The molecule has 1 saturated carbocycles. The second-order valence-electron chi connectivity index (χ2n) is 6.89. The summed E-state index contributed by atoms with van der Waals surface area (Å²) < 4.78 is 0. The molecule has 1 saturated heterocycles. The van der Waals surface area contributed by atoms with Crippen LogP contribution in [-0.4, -0.2) is 30.4 Å². The number of carbonyl (C=O) groups excluding carboxylic acids is 1. The molecule has 1 heterocycles. The Morgan fingerprint density at radius 2 is 1.82 bits per heavy atom. The summed E-state index contributed by atoms with van der Waals surface area (Å²) in [7, 11) is 0. The second-order valence-corrected chi connectivity index (χ2v) is 6.89. The largest absolute Gasteiger partial charge is 0.339 e. The molecular formula is C19H28N2O. The summed E-state index contributed by atoms with van der Waals surface area (Å²) in [6.45, 7) is 4.24. The molecule has 1 aliphatic carbocycles. The van der Waals surface area contributed by atoms with E-state index < -0.39 is 0 Å². The van der Waals surface area contributed by atoms with Gasteiger partial charge in [-0.25, -0.2) is 0 Å². The Hall–Kier alpha value is -1.35. The molecule has 1 aromatic carbocycles. The van der Waals surface area contributed by atoms with Crippen molar-refractivity contribution in [1.29, 1.82) is 0 Å². The van der Waals surface area contributed by atoms with E-state index in [1.54, 1.807) is 6.92 Å². The van der Waals surface area contributed by atoms with Gasteiger partial charge in [0.2, 0.25) is 5.91 Å². The lowest BCUT2D eigenvalue weighted by Gasteiger charge is -2.48. The third kappa shape index (κ3) is 3.05. The van der Waals surface area contributed by atoms with Gasteiger partial charge in [0.05, 0.1) is 5.54 Å². The van der Waals surface area contributed by atoms with E-state index >= 15 is 0 Å². The summed E-state index contributed by atoms with van der Waals surface area (Å²) in [6.07, 6.45) is 7.90. The van der Waals surface area contributed by atoms with Crippen LogP contribution in [0.15, 0.2) is 30.3 Å². The highest BCUT2D eigenvalue weighted by atomic mass is 16.2. The van der Waals surface area contributed by atoms with Crippen molar-refractivity contribution < 1.29 is 4.79 Å². The fraction of sp³-hybridized carbons (Fsp3) is 0.632. The van der Waals surface area contributed by atoms with E-state index in [2.05, 4.69) is 35.6 Å². The first-order valence-corrected chi connectivity index (χ1v) is 8.78. The molecule has 2 fully saturated rings. The number of piperazine rings is 1. The lowest BCUT2D eigenvalue weighted by atomic mass is 9.73. The molecule has 0 aromatic heterocycles. The van der Waals surface area contributed by atoms with Gasteiger partial charge in [-0.2, -0.15) is 0 Å². The maximum absolute atomic E-state index is 12.0. The van der Waals surface area contributed by atoms with Crippen molar-refractivity contribution in [3.8, 4) is 0 Å². The average Bonchev–Trinajstić information content (AvgIpc) is 2.85. The number of nitrogens with zero attached hydrogens (tertiary/aromatic N) is 1. The molecule has 1 aromatic rings. The van der Waals surface area contributed by atoms with Gasteiger partial charge in [0.1, 0.15) is 0 Å². The molecule has 0 radical (unpaired) electrons. The van der Waals surface area contributed by atoms with Gasteiger partial charge >= 0.3 is 0 Å². The van der Waals surface area contributed by atoms with Gasteiger partial charge in [0.25, 0.3) is 0 Å². The van der Waals surface area contributed by atoms with Crippen molar-refractivity contribution in [2.75, 3.05) is 19.6 Å². The highest BCUT2D eigenvalue weighted by Crippen LogP contribution is 2.40. The molecule has 2 aliphatic rings. The smallest absolute Gasteiger partial charge is 0.219 e. The minimum absolute atomic E-state index is 0.0600. The molecule has 3 heteroatoms. The monoisotopic (exact) mass is 300 g/mol. The highest BCUT2D eigenvalue weighted by Gasteiger charge is 2.43. The zero-order valence-electron chi connectivity index (χ0n) is 13.7. The van der Waals surface area contributed by atoms with Crippen LogP contribution < -0.4 is 5.32 Å². The lowest BCUT2D eigenvalue weighted by Crippen LogP contribution is -2.62. The summed E-state index contributed by atoms with van der Waals surface area (Å²) in [5.74, 6) is 0.829. The Morgan fingerprint density at radius 1 is 1.14 bits per heavy atom. The van der Waals surface area contributed by atoms with E-state index in [9.17, 15) is 4.79 Å². The third-order valence-electron chi connectivity index (χ3n) is 5.55. The minimum atomic E-state index is -0.0600. The van der Waals surface area contributed by atoms with Crippen LogP contribution in [0.25, 0.3) is 0 Å². The molecular weight excluding hydrogens is 272 g/mol. The van der Waals surface area contributed by atoms with Crippen molar-refractivity contribution in [3.05, 3.63) is 35.9 Å². The fourth-order valence-electron chi connectivity index (χ4n) is 4.33. The molecule has 0 spiro atoms. The lowest BCUT2D eigenvalue weighted by molar-refractivity contribution is -0.132. The Kier molecular flexibility index (Phi) is 4.82. The number of amides is 1. The van der Waals surface area contributed by atoms with Gasteiger partial charge in [0.15, 0.2) is 0 Å². The van der Waals surface area contributed by atoms with E-state index in [1.807, 2.05) is 4.90 Å². The first kappa shape index (κ1) is 15.5. The molecule has 0 bridgehead atoms. The average molecular weight is 300 g/mol. The summed E-state index contributed by atoms with van der Waals surface area (Å²) >= 11 is 0. The SMILES string of the molecule is CC(=O)N1CCNC(c2ccccc2)(C2CCCCCC2)C1. The predicted octanol–water partition coefficient (Wildman–Crippen LogP) is 3.30. The van der Waals surface area contributed by atoms with E-state index in [-0.39, 0.29) is 11.4 Å². The standard InChI is InChI=1S/C19H28N2O/c1-16(22)21-14-13-20-19(15-21,18-11-7-4-8-12-18)17-9-5-2-3-6-10-17/h4,7-8,11-12,17,20H,2-3,5-6,9-10,13-15H2,1H3. The summed E-state index contributed by atoms with van der Waals surface area (Å²) in [4.78, 5) is 14.0. The molecule has 1 aliphatic heterocycles. The zero-order valence-corrected chi connectivity index (χ0v) is 13.7.